The van der Waals surface area contributed by atoms with Gasteiger partial charge >= 0.3 is 0 Å². The van der Waals surface area contributed by atoms with E-state index in [1.165, 1.54) is 0 Å². The molecule has 6 nitrogen and oxygen atoms in total. The Kier molecular flexibility index (Phi) is 7.16. The van der Waals surface area contributed by atoms with Gasteiger partial charge in [0.25, 0.3) is 0 Å². The first-order valence-electron chi connectivity index (χ1n) is 9.84. The molecule has 0 unspecified atom stereocenters. The number of nitrogens with zero attached hydrogens (tertiary/aromatic N) is 1. The lowest BCUT2D eigenvalue weighted by Crippen LogP contribution is -2.32. The monoisotopic (exact) mass is 403 g/mol. The zero-order valence-electron chi connectivity index (χ0n) is 17.1. The summed E-state index contributed by atoms with van der Waals surface area (Å²) in [6.45, 7) is 4.36. The summed E-state index contributed by atoms with van der Waals surface area (Å²) in [5.41, 5.74) is 3.50. The smallest absolute Gasteiger partial charge is 0.233 e. The third-order valence-electron chi connectivity index (χ3n) is 4.54. The van der Waals surface area contributed by atoms with Crippen LogP contribution in [0.25, 0.3) is 0 Å². The molecule has 0 aliphatic heterocycles. The number of aromatic nitrogens is 1. The fraction of sp³-hybridized carbons (Fsp3) is 0.208. The summed E-state index contributed by atoms with van der Waals surface area (Å²) in [5.74, 6) is -0.205. The van der Waals surface area contributed by atoms with E-state index < -0.39 is 5.91 Å². The molecule has 1 aromatic heterocycles. The molecule has 0 fully saturated rings. The van der Waals surface area contributed by atoms with E-state index in [-0.39, 0.29) is 18.4 Å². The lowest BCUT2D eigenvalue weighted by atomic mass is 9.98. The van der Waals surface area contributed by atoms with E-state index in [9.17, 15) is 9.59 Å². The molecule has 3 aromatic rings. The molecular formula is C24H25N3O3. The first kappa shape index (κ1) is 21.0. The summed E-state index contributed by atoms with van der Waals surface area (Å²) in [6, 6.07) is 18.4. The van der Waals surface area contributed by atoms with Gasteiger partial charge in [0.15, 0.2) is 0 Å². The molecule has 0 aliphatic rings. The average molecular weight is 403 g/mol. The Labute approximate surface area is 176 Å². The van der Waals surface area contributed by atoms with E-state index in [4.69, 9.17) is 4.74 Å². The lowest BCUT2D eigenvalue weighted by Gasteiger charge is -2.20. The molecule has 1 heterocycles. The summed E-state index contributed by atoms with van der Waals surface area (Å²) < 4.78 is 5.51. The van der Waals surface area contributed by atoms with Gasteiger partial charge in [0.05, 0.1) is 18.3 Å². The SMILES string of the molecule is CCOc1ccccc1NC(=O)CC(=O)N[C@H](c1ccncc1)c1ccc(C)cc1. The van der Waals surface area contributed by atoms with Crippen molar-refractivity contribution in [3.63, 3.8) is 0 Å². The van der Waals surface area contributed by atoms with Crippen molar-refractivity contribution in [3.8, 4) is 5.75 Å². The quantitative estimate of drug-likeness (QED) is 0.557. The number of benzene rings is 2. The van der Waals surface area contributed by atoms with Crippen LogP contribution >= 0.6 is 0 Å². The van der Waals surface area contributed by atoms with Crippen molar-refractivity contribution in [2.24, 2.45) is 0 Å². The molecule has 6 heteroatoms. The molecule has 3 rings (SSSR count). The van der Waals surface area contributed by atoms with Crippen LogP contribution in [-0.4, -0.2) is 23.4 Å². The highest BCUT2D eigenvalue weighted by Gasteiger charge is 2.19. The molecule has 2 aromatic carbocycles. The number of hydrogen-bond donors (Lipinski definition) is 2. The van der Waals surface area contributed by atoms with Crippen LogP contribution in [0.4, 0.5) is 5.69 Å². The average Bonchev–Trinajstić information content (AvgIpc) is 2.75. The van der Waals surface area contributed by atoms with Crippen LogP contribution in [0, 0.1) is 6.92 Å². The molecular weight excluding hydrogens is 378 g/mol. The number of ether oxygens (including phenoxy) is 1. The van der Waals surface area contributed by atoms with E-state index in [0.717, 1.165) is 16.7 Å². The first-order chi connectivity index (χ1) is 14.6. The number of aryl methyl sites for hydroxylation is 1. The standard InChI is InChI=1S/C24H25N3O3/c1-3-30-21-7-5-4-6-20(21)26-22(28)16-23(29)27-24(19-12-14-25-15-13-19)18-10-8-17(2)9-11-18/h4-15,24H,3,16H2,1-2H3,(H,26,28)(H,27,29)/t24-/m0/s1. The van der Waals surface area contributed by atoms with Crippen molar-refractivity contribution in [3.05, 3.63) is 89.7 Å². The Bertz CT molecular complexity index is 988. The Morgan fingerprint density at radius 3 is 2.30 bits per heavy atom. The van der Waals surface area contributed by atoms with Gasteiger partial charge in [-0.15, -0.1) is 0 Å². The van der Waals surface area contributed by atoms with Gasteiger partial charge in [0, 0.05) is 12.4 Å². The molecule has 0 aliphatic carbocycles. The highest BCUT2D eigenvalue weighted by Crippen LogP contribution is 2.24. The first-order valence-corrected chi connectivity index (χ1v) is 9.84. The van der Waals surface area contributed by atoms with E-state index in [2.05, 4.69) is 15.6 Å². The minimum Gasteiger partial charge on any atom is -0.492 e. The van der Waals surface area contributed by atoms with Gasteiger partial charge in [-0.25, -0.2) is 0 Å². The van der Waals surface area contributed by atoms with Crippen molar-refractivity contribution < 1.29 is 14.3 Å². The van der Waals surface area contributed by atoms with Gasteiger partial charge in [-0.1, -0.05) is 42.0 Å². The normalized spacial score (nSPS) is 11.4. The largest absolute Gasteiger partial charge is 0.492 e. The predicted molar refractivity (Wildman–Crippen MR) is 116 cm³/mol. The van der Waals surface area contributed by atoms with Gasteiger partial charge in [0.1, 0.15) is 12.2 Å². The van der Waals surface area contributed by atoms with Crippen molar-refractivity contribution >= 4 is 17.5 Å². The van der Waals surface area contributed by atoms with Gasteiger partial charge in [-0.05, 0) is 49.2 Å². The maximum Gasteiger partial charge on any atom is 0.233 e. The van der Waals surface area contributed by atoms with Crippen LogP contribution in [0.15, 0.2) is 73.1 Å². The van der Waals surface area contributed by atoms with Crippen molar-refractivity contribution in [1.29, 1.82) is 0 Å². The predicted octanol–water partition coefficient (Wildman–Crippen LogP) is 4.02. The van der Waals surface area contributed by atoms with Crippen molar-refractivity contribution in [2.75, 3.05) is 11.9 Å². The van der Waals surface area contributed by atoms with Gasteiger partial charge in [-0.2, -0.15) is 0 Å². The van der Waals surface area contributed by atoms with Crippen LogP contribution < -0.4 is 15.4 Å². The third kappa shape index (κ3) is 5.67. The van der Waals surface area contributed by atoms with Crippen LogP contribution in [0.2, 0.25) is 0 Å². The molecule has 0 saturated heterocycles. The number of para-hydroxylation sites is 2. The lowest BCUT2D eigenvalue weighted by molar-refractivity contribution is -0.127. The second-order valence-electron chi connectivity index (χ2n) is 6.85. The Morgan fingerprint density at radius 1 is 0.933 bits per heavy atom. The number of pyridine rings is 1. The Balaban J connectivity index is 1.70. The van der Waals surface area contributed by atoms with E-state index >= 15 is 0 Å². The summed E-state index contributed by atoms with van der Waals surface area (Å²) in [4.78, 5) is 29.1. The van der Waals surface area contributed by atoms with E-state index in [0.29, 0.717) is 18.0 Å². The number of rotatable bonds is 8. The van der Waals surface area contributed by atoms with E-state index in [1.54, 1.807) is 30.6 Å². The summed E-state index contributed by atoms with van der Waals surface area (Å²) >= 11 is 0. The number of carbonyl (C=O) groups excluding carboxylic acids is 2. The maximum atomic E-state index is 12.7. The second-order valence-corrected chi connectivity index (χ2v) is 6.85. The zero-order valence-corrected chi connectivity index (χ0v) is 17.1. The van der Waals surface area contributed by atoms with Gasteiger partial charge in [0.2, 0.25) is 11.8 Å². The van der Waals surface area contributed by atoms with Gasteiger partial charge in [-0.3, -0.25) is 14.6 Å². The molecule has 2 amide bonds. The van der Waals surface area contributed by atoms with Crippen LogP contribution in [0.3, 0.4) is 0 Å². The molecule has 0 saturated carbocycles. The summed E-state index contributed by atoms with van der Waals surface area (Å²) in [7, 11) is 0. The topological polar surface area (TPSA) is 80.3 Å². The summed E-state index contributed by atoms with van der Waals surface area (Å²) in [6.07, 6.45) is 3.06. The second kappa shape index (κ2) is 10.2. The zero-order chi connectivity index (χ0) is 21.3. The van der Waals surface area contributed by atoms with Crippen LogP contribution in [-0.2, 0) is 9.59 Å². The molecule has 2 N–H and O–H groups in total. The maximum absolute atomic E-state index is 12.7. The number of carbonyl (C=O) groups is 2. The Morgan fingerprint density at radius 2 is 1.60 bits per heavy atom. The minimum absolute atomic E-state index is 0.298. The fourth-order valence-electron chi connectivity index (χ4n) is 3.08. The van der Waals surface area contributed by atoms with Crippen molar-refractivity contribution in [2.45, 2.75) is 26.3 Å². The van der Waals surface area contributed by atoms with Gasteiger partial charge < -0.3 is 15.4 Å². The van der Waals surface area contributed by atoms with Crippen LogP contribution in [0.5, 0.6) is 5.75 Å². The molecule has 30 heavy (non-hydrogen) atoms. The Hall–Kier alpha value is -3.67. The summed E-state index contributed by atoms with van der Waals surface area (Å²) in [5, 5.41) is 5.72. The number of nitrogens with one attached hydrogen (secondary N) is 2. The number of hydrogen-bond acceptors (Lipinski definition) is 4. The highest BCUT2D eigenvalue weighted by atomic mass is 16.5. The molecule has 0 radical (unpaired) electrons. The molecule has 154 valence electrons. The minimum atomic E-state index is -0.406. The number of anilines is 1. The third-order valence-corrected chi connectivity index (χ3v) is 4.54. The fourth-order valence-corrected chi connectivity index (χ4v) is 3.08. The van der Waals surface area contributed by atoms with Crippen molar-refractivity contribution in [1.82, 2.24) is 10.3 Å². The highest BCUT2D eigenvalue weighted by molar-refractivity contribution is 6.04. The van der Waals surface area contributed by atoms with Crippen LogP contribution in [0.1, 0.15) is 36.1 Å². The van der Waals surface area contributed by atoms with E-state index in [1.807, 2.05) is 56.3 Å². The molecule has 0 bridgehead atoms. The molecule has 0 spiro atoms. The number of amides is 2. The molecule has 1 atom stereocenters.